The zero-order valence-corrected chi connectivity index (χ0v) is 16.0. The lowest BCUT2D eigenvalue weighted by atomic mass is 9.60. The van der Waals surface area contributed by atoms with Crippen molar-refractivity contribution in [2.45, 2.75) is 44.1 Å². The van der Waals surface area contributed by atoms with Crippen molar-refractivity contribution in [1.29, 1.82) is 0 Å². The molecule has 1 atom stereocenters. The largest absolute Gasteiger partial charge is 0.489 e. The average Bonchev–Trinajstić information content (AvgIpc) is 2.76. The quantitative estimate of drug-likeness (QED) is 0.595. The number of ether oxygens (including phenoxy) is 1. The minimum Gasteiger partial charge on any atom is -0.489 e. The number of ketones is 1. The Balaban J connectivity index is 1.43. The van der Waals surface area contributed by atoms with Crippen LogP contribution in [0.1, 0.15) is 51.9 Å². The molecule has 0 saturated carbocycles. The number of benzene rings is 3. The van der Waals surface area contributed by atoms with Gasteiger partial charge in [0.25, 0.3) is 0 Å². The fraction of sp³-hybridized carbons (Fsp3) is 0.269. The van der Waals surface area contributed by atoms with Crippen LogP contribution in [0, 0.1) is 0 Å². The normalized spacial score (nSPS) is 20.5. The van der Waals surface area contributed by atoms with Gasteiger partial charge in [-0.15, -0.1) is 0 Å². The number of hydrogen-bond donors (Lipinski definition) is 0. The molecule has 28 heavy (non-hydrogen) atoms. The highest BCUT2D eigenvalue weighted by molar-refractivity contribution is 6.06. The maximum atomic E-state index is 13.6. The maximum Gasteiger partial charge on any atom is 0.173 e. The number of rotatable bonds is 3. The van der Waals surface area contributed by atoms with Crippen LogP contribution in [0.3, 0.4) is 0 Å². The Morgan fingerprint density at radius 3 is 2.54 bits per heavy atom. The summed E-state index contributed by atoms with van der Waals surface area (Å²) in [4.78, 5) is 13.6. The average molecular weight is 368 g/mol. The second-order valence-corrected chi connectivity index (χ2v) is 8.02. The van der Waals surface area contributed by atoms with Gasteiger partial charge in [-0.05, 0) is 72.6 Å². The molecule has 2 aliphatic rings. The summed E-state index contributed by atoms with van der Waals surface area (Å²) in [6.07, 6.45) is 4.98. The lowest BCUT2D eigenvalue weighted by Gasteiger charge is -2.41. The van der Waals surface area contributed by atoms with Crippen LogP contribution in [0.5, 0.6) is 5.75 Å². The van der Waals surface area contributed by atoms with Gasteiger partial charge in [0.15, 0.2) is 5.78 Å². The molecule has 0 amide bonds. The fourth-order valence-electron chi connectivity index (χ4n) is 4.96. The van der Waals surface area contributed by atoms with Crippen LogP contribution in [0.4, 0.5) is 0 Å². The molecule has 0 bridgehead atoms. The number of hydrogen-bond acceptors (Lipinski definition) is 2. The highest BCUT2D eigenvalue weighted by Crippen LogP contribution is 2.46. The van der Waals surface area contributed by atoms with E-state index < -0.39 is 0 Å². The minimum atomic E-state index is -0.325. The Bertz CT molecular complexity index is 1020. The maximum absolute atomic E-state index is 13.6. The highest BCUT2D eigenvalue weighted by Gasteiger charge is 2.46. The summed E-state index contributed by atoms with van der Waals surface area (Å²) in [5.74, 6) is 1.14. The number of carbonyl (C=O) groups is 1. The van der Waals surface area contributed by atoms with Crippen molar-refractivity contribution in [2.75, 3.05) is 0 Å². The zero-order valence-electron chi connectivity index (χ0n) is 16.0. The van der Waals surface area contributed by atoms with Gasteiger partial charge in [-0.3, -0.25) is 4.79 Å². The van der Waals surface area contributed by atoms with Crippen molar-refractivity contribution >= 4 is 5.78 Å². The molecule has 3 aromatic carbocycles. The summed E-state index contributed by atoms with van der Waals surface area (Å²) in [6.45, 7) is 0.547. The van der Waals surface area contributed by atoms with E-state index in [0.717, 1.165) is 54.5 Å². The van der Waals surface area contributed by atoms with Gasteiger partial charge >= 0.3 is 0 Å². The molecule has 0 N–H and O–H groups in total. The smallest absolute Gasteiger partial charge is 0.173 e. The van der Waals surface area contributed by atoms with Crippen molar-refractivity contribution < 1.29 is 9.53 Å². The number of Topliss-reactive ketones (excluding diaryl/α,β-unsaturated/α-hetero) is 1. The Morgan fingerprint density at radius 2 is 1.64 bits per heavy atom. The van der Waals surface area contributed by atoms with Crippen LogP contribution in [0.25, 0.3) is 0 Å². The van der Waals surface area contributed by atoms with Crippen molar-refractivity contribution in [3.8, 4) is 5.75 Å². The molecular formula is C26H24O2. The molecule has 0 heterocycles. The first-order valence-corrected chi connectivity index (χ1v) is 10.2. The van der Waals surface area contributed by atoms with Gasteiger partial charge in [0.2, 0.25) is 0 Å². The van der Waals surface area contributed by atoms with E-state index in [1.54, 1.807) is 0 Å². The summed E-state index contributed by atoms with van der Waals surface area (Å²) >= 11 is 0. The second kappa shape index (κ2) is 6.94. The predicted octanol–water partition coefficient (Wildman–Crippen LogP) is 5.67. The van der Waals surface area contributed by atoms with Crippen molar-refractivity contribution in [2.24, 2.45) is 0 Å². The van der Waals surface area contributed by atoms with Gasteiger partial charge in [-0.1, -0.05) is 54.6 Å². The van der Waals surface area contributed by atoms with Crippen LogP contribution in [-0.2, 0) is 24.9 Å². The van der Waals surface area contributed by atoms with E-state index in [4.69, 9.17) is 4.74 Å². The Labute approximate surface area is 166 Å². The molecule has 2 heteroatoms. The molecule has 5 rings (SSSR count). The first-order valence-electron chi connectivity index (χ1n) is 10.2. The summed E-state index contributed by atoms with van der Waals surface area (Å²) in [7, 11) is 0. The van der Waals surface area contributed by atoms with E-state index in [1.165, 1.54) is 11.1 Å². The molecule has 1 spiro atoms. The third kappa shape index (κ3) is 2.84. The summed E-state index contributed by atoms with van der Waals surface area (Å²) < 4.78 is 5.98. The van der Waals surface area contributed by atoms with E-state index in [1.807, 2.05) is 30.3 Å². The van der Waals surface area contributed by atoms with Gasteiger partial charge in [0, 0.05) is 5.56 Å². The fourth-order valence-corrected chi connectivity index (χ4v) is 4.96. The number of aryl methyl sites for hydroxylation is 2. The molecule has 3 aromatic rings. The molecule has 0 aliphatic heterocycles. The SMILES string of the molecule is O=C1c2ccc(OCc3ccccc3)cc2CCC12CCCc1ccccc12. The van der Waals surface area contributed by atoms with Gasteiger partial charge < -0.3 is 4.74 Å². The molecule has 2 nitrogen and oxygen atoms in total. The van der Waals surface area contributed by atoms with Crippen molar-refractivity contribution in [1.82, 2.24) is 0 Å². The Hall–Kier alpha value is -2.87. The lowest BCUT2D eigenvalue weighted by molar-refractivity contribution is 0.0839. The van der Waals surface area contributed by atoms with Crippen LogP contribution >= 0.6 is 0 Å². The first kappa shape index (κ1) is 17.2. The predicted molar refractivity (Wildman–Crippen MR) is 111 cm³/mol. The zero-order chi connectivity index (χ0) is 19.0. The highest BCUT2D eigenvalue weighted by atomic mass is 16.5. The topological polar surface area (TPSA) is 26.3 Å². The monoisotopic (exact) mass is 368 g/mol. The number of fused-ring (bicyclic) bond motifs is 3. The molecule has 1 unspecified atom stereocenters. The van der Waals surface area contributed by atoms with E-state index in [2.05, 4.69) is 42.5 Å². The van der Waals surface area contributed by atoms with Crippen LogP contribution in [-0.4, -0.2) is 5.78 Å². The summed E-state index contributed by atoms with van der Waals surface area (Å²) in [6, 6.07) is 24.7. The number of carbonyl (C=O) groups excluding carboxylic acids is 1. The van der Waals surface area contributed by atoms with Gasteiger partial charge in [-0.25, -0.2) is 0 Å². The standard InChI is InChI=1S/C26H24O2/c27-25-23-13-12-22(28-18-19-7-2-1-3-8-19)17-21(23)14-16-26(25)15-6-10-20-9-4-5-11-24(20)26/h1-5,7-9,11-13,17H,6,10,14-16,18H2. The van der Waals surface area contributed by atoms with Crippen molar-refractivity contribution in [3.05, 3.63) is 101 Å². The molecule has 2 aliphatic carbocycles. The minimum absolute atomic E-state index is 0.301. The lowest BCUT2D eigenvalue weighted by Crippen LogP contribution is -2.42. The van der Waals surface area contributed by atoms with Gasteiger partial charge in [0.1, 0.15) is 12.4 Å². The van der Waals surface area contributed by atoms with Crippen LogP contribution in [0.15, 0.2) is 72.8 Å². The van der Waals surface area contributed by atoms with E-state index in [-0.39, 0.29) is 5.41 Å². The molecular weight excluding hydrogens is 344 g/mol. The Morgan fingerprint density at radius 1 is 0.821 bits per heavy atom. The molecule has 0 fully saturated rings. The van der Waals surface area contributed by atoms with E-state index in [0.29, 0.717) is 12.4 Å². The van der Waals surface area contributed by atoms with E-state index in [9.17, 15) is 4.79 Å². The van der Waals surface area contributed by atoms with Gasteiger partial charge in [-0.2, -0.15) is 0 Å². The Kier molecular flexibility index (Phi) is 4.27. The molecule has 0 radical (unpaired) electrons. The van der Waals surface area contributed by atoms with Crippen LogP contribution in [0.2, 0.25) is 0 Å². The summed E-state index contributed by atoms with van der Waals surface area (Å²) in [5.41, 5.74) is 5.46. The van der Waals surface area contributed by atoms with Gasteiger partial charge in [0.05, 0.1) is 5.41 Å². The molecule has 0 saturated heterocycles. The van der Waals surface area contributed by atoms with Crippen molar-refractivity contribution in [3.63, 3.8) is 0 Å². The third-order valence-corrected chi connectivity index (χ3v) is 6.41. The first-order chi connectivity index (χ1) is 13.8. The second-order valence-electron chi connectivity index (χ2n) is 8.02. The van der Waals surface area contributed by atoms with Crippen LogP contribution < -0.4 is 4.74 Å². The molecule has 0 aromatic heterocycles. The summed E-state index contributed by atoms with van der Waals surface area (Å²) in [5, 5.41) is 0. The molecule has 140 valence electrons. The van der Waals surface area contributed by atoms with E-state index >= 15 is 0 Å². The third-order valence-electron chi connectivity index (χ3n) is 6.41.